The third kappa shape index (κ3) is 5.32. The lowest BCUT2D eigenvalue weighted by molar-refractivity contribution is 0.606. The highest BCUT2D eigenvalue weighted by Gasteiger charge is 2.12. The summed E-state index contributed by atoms with van der Waals surface area (Å²) in [4.78, 5) is 0. The Balaban J connectivity index is 0.00000100. The molecule has 0 spiro atoms. The van der Waals surface area contributed by atoms with Crippen molar-refractivity contribution in [3.05, 3.63) is 108 Å². The molecule has 5 N–H and O–H groups in total. The van der Waals surface area contributed by atoms with E-state index in [2.05, 4.69) is 108 Å². The standard InChI is InChI=1S/C21H21N.H4N2/c1-4-10-18(11-5-1)16-17-22-21(19-12-6-2-7-13-19)20-14-8-3-9-15-20;1-2/h1-15,21-22H,16-17H2;1-2H2. The largest absolute Gasteiger partial charge is 0.306 e. The lowest BCUT2D eigenvalue weighted by atomic mass is 9.98. The van der Waals surface area contributed by atoms with Gasteiger partial charge in [0.1, 0.15) is 0 Å². The van der Waals surface area contributed by atoms with E-state index in [1.54, 1.807) is 0 Å². The average Bonchev–Trinajstić information content (AvgIpc) is 2.69. The molecule has 0 saturated carbocycles. The predicted molar refractivity (Wildman–Crippen MR) is 101 cm³/mol. The molecule has 3 nitrogen and oxygen atoms in total. The normalized spacial score (nSPS) is 10.1. The SMILES string of the molecule is NN.c1ccc(CCNC(c2ccccc2)c2ccccc2)cc1. The van der Waals surface area contributed by atoms with Crippen LogP contribution in [0.15, 0.2) is 91.0 Å². The average molecular weight is 319 g/mol. The van der Waals surface area contributed by atoms with Gasteiger partial charge in [0, 0.05) is 6.54 Å². The number of nitrogens with two attached hydrogens (primary N) is 2. The van der Waals surface area contributed by atoms with E-state index in [1.165, 1.54) is 16.7 Å². The molecular formula is C21H25N3. The van der Waals surface area contributed by atoms with Crippen LogP contribution in [0, 0.1) is 0 Å². The van der Waals surface area contributed by atoms with E-state index in [4.69, 9.17) is 0 Å². The smallest absolute Gasteiger partial charge is 0.0576 e. The van der Waals surface area contributed by atoms with Gasteiger partial charge in [0.25, 0.3) is 0 Å². The minimum absolute atomic E-state index is 0.242. The highest BCUT2D eigenvalue weighted by Crippen LogP contribution is 2.21. The summed E-state index contributed by atoms with van der Waals surface area (Å²) in [6.07, 6.45) is 1.04. The van der Waals surface area contributed by atoms with Gasteiger partial charge in [0.05, 0.1) is 6.04 Å². The fraction of sp³-hybridized carbons (Fsp3) is 0.143. The minimum atomic E-state index is 0.242. The molecule has 124 valence electrons. The second-order valence-electron chi connectivity index (χ2n) is 5.44. The Kier molecular flexibility index (Phi) is 7.71. The maximum absolute atomic E-state index is 4.00. The van der Waals surface area contributed by atoms with Crippen LogP contribution in [0.4, 0.5) is 0 Å². The van der Waals surface area contributed by atoms with Crippen molar-refractivity contribution >= 4 is 0 Å². The summed E-state index contributed by atoms with van der Waals surface area (Å²) >= 11 is 0. The highest BCUT2D eigenvalue weighted by molar-refractivity contribution is 5.31. The minimum Gasteiger partial charge on any atom is -0.306 e. The van der Waals surface area contributed by atoms with Crippen molar-refractivity contribution in [2.45, 2.75) is 12.5 Å². The van der Waals surface area contributed by atoms with Crippen molar-refractivity contribution in [1.29, 1.82) is 0 Å². The Morgan fingerprint density at radius 2 is 1.04 bits per heavy atom. The van der Waals surface area contributed by atoms with Crippen LogP contribution in [0.2, 0.25) is 0 Å². The fourth-order valence-corrected chi connectivity index (χ4v) is 2.72. The van der Waals surface area contributed by atoms with Gasteiger partial charge in [0.2, 0.25) is 0 Å². The first kappa shape index (κ1) is 17.9. The molecule has 0 heterocycles. The monoisotopic (exact) mass is 319 g/mol. The van der Waals surface area contributed by atoms with Gasteiger partial charge in [-0.25, -0.2) is 0 Å². The lowest BCUT2D eigenvalue weighted by Gasteiger charge is -2.20. The van der Waals surface area contributed by atoms with Crippen LogP contribution in [0.25, 0.3) is 0 Å². The van der Waals surface area contributed by atoms with Crippen LogP contribution in [-0.4, -0.2) is 6.54 Å². The molecule has 3 rings (SSSR count). The molecular weight excluding hydrogens is 294 g/mol. The topological polar surface area (TPSA) is 64.1 Å². The van der Waals surface area contributed by atoms with Crippen LogP contribution in [0.1, 0.15) is 22.7 Å². The van der Waals surface area contributed by atoms with Gasteiger partial charge in [-0.2, -0.15) is 0 Å². The second kappa shape index (κ2) is 10.3. The number of benzene rings is 3. The third-order valence-electron chi connectivity index (χ3n) is 3.87. The number of rotatable bonds is 6. The van der Waals surface area contributed by atoms with Crippen LogP contribution in [0.5, 0.6) is 0 Å². The predicted octanol–water partition coefficient (Wildman–Crippen LogP) is 3.43. The highest BCUT2D eigenvalue weighted by atomic mass is 15.0. The molecule has 0 aromatic heterocycles. The molecule has 0 radical (unpaired) electrons. The van der Waals surface area contributed by atoms with E-state index in [0.717, 1.165) is 13.0 Å². The second-order valence-corrected chi connectivity index (χ2v) is 5.44. The molecule has 3 heteroatoms. The summed E-state index contributed by atoms with van der Waals surface area (Å²) in [6.45, 7) is 0.957. The number of hydrogen-bond donors (Lipinski definition) is 3. The van der Waals surface area contributed by atoms with Crippen molar-refractivity contribution in [2.75, 3.05) is 6.54 Å². The number of nitrogens with one attached hydrogen (secondary N) is 1. The molecule has 24 heavy (non-hydrogen) atoms. The maximum Gasteiger partial charge on any atom is 0.0576 e. The molecule has 0 bridgehead atoms. The Labute approximate surface area is 144 Å². The van der Waals surface area contributed by atoms with Gasteiger partial charge in [0.15, 0.2) is 0 Å². The van der Waals surface area contributed by atoms with Crippen LogP contribution >= 0.6 is 0 Å². The van der Waals surface area contributed by atoms with Crippen molar-refractivity contribution in [1.82, 2.24) is 5.32 Å². The summed E-state index contributed by atoms with van der Waals surface area (Å²) in [6, 6.07) is 32.2. The summed E-state index contributed by atoms with van der Waals surface area (Å²) in [5.74, 6) is 8.00. The van der Waals surface area contributed by atoms with Crippen molar-refractivity contribution in [3.63, 3.8) is 0 Å². The molecule has 0 aliphatic rings. The zero-order valence-corrected chi connectivity index (χ0v) is 13.8. The number of hydrazine groups is 1. The lowest BCUT2D eigenvalue weighted by Crippen LogP contribution is -2.24. The van der Waals surface area contributed by atoms with E-state index < -0.39 is 0 Å². The fourth-order valence-electron chi connectivity index (χ4n) is 2.72. The van der Waals surface area contributed by atoms with Gasteiger partial charge in [-0.1, -0.05) is 91.0 Å². The summed E-state index contributed by atoms with van der Waals surface area (Å²) in [5, 5.41) is 3.70. The van der Waals surface area contributed by atoms with Gasteiger partial charge >= 0.3 is 0 Å². The molecule has 0 atom stereocenters. The van der Waals surface area contributed by atoms with E-state index in [-0.39, 0.29) is 6.04 Å². The van der Waals surface area contributed by atoms with Crippen molar-refractivity contribution in [2.24, 2.45) is 11.7 Å². The molecule has 0 saturated heterocycles. The first-order valence-electron chi connectivity index (χ1n) is 8.14. The van der Waals surface area contributed by atoms with Gasteiger partial charge in [-0.15, -0.1) is 0 Å². The van der Waals surface area contributed by atoms with Crippen molar-refractivity contribution < 1.29 is 0 Å². The Hall–Kier alpha value is -2.46. The molecule has 3 aromatic carbocycles. The quantitative estimate of drug-likeness (QED) is 0.482. The molecule has 0 aliphatic heterocycles. The van der Waals surface area contributed by atoms with E-state index in [0.29, 0.717) is 0 Å². The van der Waals surface area contributed by atoms with Gasteiger partial charge < -0.3 is 5.32 Å². The summed E-state index contributed by atoms with van der Waals surface area (Å²) in [7, 11) is 0. The number of hydrogen-bond acceptors (Lipinski definition) is 3. The zero-order chi connectivity index (χ0) is 17.0. The van der Waals surface area contributed by atoms with Crippen LogP contribution < -0.4 is 17.0 Å². The molecule has 0 amide bonds. The first-order chi connectivity index (χ1) is 11.9. The Morgan fingerprint density at radius 3 is 1.50 bits per heavy atom. The van der Waals surface area contributed by atoms with Crippen LogP contribution in [0.3, 0.4) is 0 Å². The van der Waals surface area contributed by atoms with E-state index in [9.17, 15) is 0 Å². The maximum atomic E-state index is 4.00. The van der Waals surface area contributed by atoms with Crippen LogP contribution in [-0.2, 0) is 6.42 Å². The van der Waals surface area contributed by atoms with Crippen molar-refractivity contribution in [3.8, 4) is 0 Å². The van der Waals surface area contributed by atoms with Gasteiger partial charge in [-0.3, -0.25) is 11.7 Å². The molecule has 0 fully saturated rings. The summed E-state index contributed by atoms with van der Waals surface area (Å²) in [5.41, 5.74) is 3.98. The van der Waals surface area contributed by atoms with E-state index in [1.807, 2.05) is 0 Å². The zero-order valence-electron chi connectivity index (χ0n) is 13.8. The molecule has 0 unspecified atom stereocenters. The Morgan fingerprint density at radius 1 is 0.625 bits per heavy atom. The third-order valence-corrected chi connectivity index (χ3v) is 3.87. The molecule has 3 aromatic rings. The van der Waals surface area contributed by atoms with Gasteiger partial charge in [-0.05, 0) is 23.1 Å². The first-order valence-corrected chi connectivity index (χ1v) is 8.14. The van der Waals surface area contributed by atoms with E-state index >= 15 is 0 Å². The Bertz CT molecular complexity index is 630. The molecule has 0 aliphatic carbocycles. The summed E-state index contributed by atoms with van der Waals surface area (Å²) < 4.78 is 0.